The largest absolute Gasteiger partial charge is 0.363 e. The van der Waals surface area contributed by atoms with Gasteiger partial charge in [0.05, 0.1) is 5.69 Å². The molecule has 6 nitrogen and oxygen atoms in total. The Kier molecular flexibility index (Phi) is 3.82. The molecular formula is C16H18N6. The van der Waals surface area contributed by atoms with Crippen LogP contribution in [0.2, 0.25) is 0 Å². The van der Waals surface area contributed by atoms with Crippen LogP contribution in [0, 0.1) is 13.8 Å². The fraction of sp³-hybridized carbons (Fsp3) is 0.250. The Morgan fingerprint density at radius 2 is 1.86 bits per heavy atom. The molecule has 0 unspecified atom stereocenters. The van der Waals surface area contributed by atoms with Crippen molar-refractivity contribution in [2.45, 2.75) is 26.8 Å². The fourth-order valence-electron chi connectivity index (χ4n) is 2.35. The molecule has 2 heterocycles. The molecule has 3 aromatic rings. The number of nitrogens with one attached hydrogen (secondary N) is 1. The third-order valence-electron chi connectivity index (χ3n) is 3.41. The van der Waals surface area contributed by atoms with Gasteiger partial charge < -0.3 is 5.32 Å². The Hall–Kier alpha value is -2.76. The molecule has 0 bridgehead atoms. The molecule has 1 aromatic carbocycles. The van der Waals surface area contributed by atoms with Crippen LogP contribution >= 0.6 is 0 Å². The second kappa shape index (κ2) is 5.93. The Bertz CT molecular complexity index is 729. The zero-order valence-corrected chi connectivity index (χ0v) is 12.9. The van der Waals surface area contributed by atoms with Gasteiger partial charge in [0.1, 0.15) is 24.3 Å². The lowest BCUT2D eigenvalue weighted by molar-refractivity contribution is 0.852. The number of hydrogen-bond acceptors (Lipinski definition) is 5. The van der Waals surface area contributed by atoms with Crippen LogP contribution in [0.15, 0.2) is 43.0 Å². The molecule has 0 aliphatic heterocycles. The van der Waals surface area contributed by atoms with Crippen molar-refractivity contribution < 1.29 is 0 Å². The van der Waals surface area contributed by atoms with Crippen LogP contribution in [0.3, 0.4) is 0 Å². The molecule has 0 radical (unpaired) electrons. The standard InChI is InChI=1S/C16H18N6/c1-11-8-16(21-13(3)19-11)20-12(2)14-4-6-15(7-5-14)22-10-17-9-18-22/h4-10,12H,1-3H3,(H,19,20,21)/t12-/m0/s1. The van der Waals surface area contributed by atoms with Crippen molar-refractivity contribution >= 4 is 5.82 Å². The van der Waals surface area contributed by atoms with Gasteiger partial charge in [-0.2, -0.15) is 5.10 Å². The molecule has 0 saturated heterocycles. The monoisotopic (exact) mass is 294 g/mol. The summed E-state index contributed by atoms with van der Waals surface area (Å²) in [5, 5.41) is 7.53. The maximum atomic E-state index is 4.41. The minimum Gasteiger partial charge on any atom is -0.363 e. The second-order valence-electron chi connectivity index (χ2n) is 5.24. The van der Waals surface area contributed by atoms with Crippen molar-refractivity contribution in [1.82, 2.24) is 24.7 Å². The number of anilines is 1. The van der Waals surface area contributed by atoms with Crippen LogP contribution < -0.4 is 5.32 Å². The van der Waals surface area contributed by atoms with Crippen LogP contribution in [0.4, 0.5) is 5.82 Å². The van der Waals surface area contributed by atoms with E-state index in [9.17, 15) is 0 Å². The number of aryl methyl sites for hydroxylation is 2. The van der Waals surface area contributed by atoms with Gasteiger partial charge >= 0.3 is 0 Å². The zero-order chi connectivity index (χ0) is 15.5. The van der Waals surface area contributed by atoms with Gasteiger partial charge in [0, 0.05) is 17.8 Å². The smallest absolute Gasteiger partial charge is 0.138 e. The highest BCUT2D eigenvalue weighted by Gasteiger charge is 2.08. The summed E-state index contributed by atoms with van der Waals surface area (Å²) < 4.78 is 1.74. The second-order valence-corrected chi connectivity index (χ2v) is 5.24. The molecule has 3 rings (SSSR count). The van der Waals surface area contributed by atoms with Crippen LogP contribution in [0.25, 0.3) is 5.69 Å². The van der Waals surface area contributed by atoms with Crippen molar-refractivity contribution in [3.05, 3.63) is 60.1 Å². The molecule has 0 aliphatic rings. The number of hydrogen-bond donors (Lipinski definition) is 1. The lowest BCUT2D eigenvalue weighted by atomic mass is 10.1. The van der Waals surface area contributed by atoms with E-state index in [1.54, 1.807) is 11.0 Å². The summed E-state index contributed by atoms with van der Waals surface area (Å²) in [6, 6.07) is 10.3. The van der Waals surface area contributed by atoms with Gasteiger partial charge in [0.15, 0.2) is 0 Å². The van der Waals surface area contributed by atoms with Gasteiger partial charge in [-0.3, -0.25) is 0 Å². The molecule has 0 amide bonds. The van der Waals surface area contributed by atoms with Crippen molar-refractivity contribution in [2.75, 3.05) is 5.32 Å². The zero-order valence-electron chi connectivity index (χ0n) is 12.9. The van der Waals surface area contributed by atoms with Crippen molar-refractivity contribution in [1.29, 1.82) is 0 Å². The number of aromatic nitrogens is 5. The normalized spacial score (nSPS) is 12.1. The first kappa shape index (κ1) is 14.2. The lowest BCUT2D eigenvalue weighted by Gasteiger charge is -2.16. The lowest BCUT2D eigenvalue weighted by Crippen LogP contribution is -2.09. The topological polar surface area (TPSA) is 68.5 Å². The third kappa shape index (κ3) is 3.11. The summed E-state index contributed by atoms with van der Waals surface area (Å²) in [6.45, 7) is 5.98. The summed E-state index contributed by atoms with van der Waals surface area (Å²) in [6.07, 6.45) is 3.21. The predicted octanol–water partition coefficient (Wildman–Crippen LogP) is 2.85. The summed E-state index contributed by atoms with van der Waals surface area (Å²) in [4.78, 5) is 12.7. The fourth-order valence-corrected chi connectivity index (χ4v) is 2.35. The molecule has 0 aliphatic carbocycles. The van der Waals surface area contributed by atoms with E-state index in [1.165, 1.54) is 11.9 Å². The quantitative estimate of drug-likeness (QED) is 0.801. The van der Waals surface area contributed by atoms with Crippen LogP contribution in [-0.2, 0) is 0 Å². The first-order valence-corrected chi connectivity index (χ1v) is 7.15. The van der Waals surface area contributed by atoms with E-state index in [0.29, 0.717) is 0 Å². The maximum absolute atomic E-state index is 4.41. The minimum atomic E-state index is 0.151. The predicted molar refractivity (Wildman–Crippen MR) is 84.9 cm³/mol. The summed E-state index contributed by atoms with van der Waals surface area (Å²) >= 11 is 0. The van der Waals surface area contributed by atoms with Gasteiger partial charge in [0.2, 0.25) is 0 Å². The van der Waals surface area contributed by atoms with Crippen LogP contribution in [0.5, 0.6) is 0 Å². The highest BCUT2D eigenvalue weighted by atomic mass is 15.3. The molecule has 1 atom stereocenters. The van der Waals surface area contributed by atoms with E-state index in [0.717, 1.165) is 23.0 Å². The number of rotatable bonds is 4. The van der Waals surface area contributed by atoms with E-state index < -0.39 is 0 Å². The van der Waals surface area contributed by atoms with Gasteiger partial charge in [-0.05, 0) is 38.5 Å². The van der Waals surface area contributed by atoms with Gasteiger partial charge in [-0.25, -0.2) is 19.6 Å². The van der Waals surface area contributed by atoms with E-state index in [2.05, 4.69) is 44.4 Å². The van der Waals surface area contributed by atoms with Gasteiger partial charge in [0.25, 0.3) is 0 Å². The average molecular weight is 294 g/mol. The molecule has 2 aromatic heterocycles. The molecule has 0 saturated carbocycles. The van der Waals surface area contributed by atoms with E-state index >= 15 is 0 Å². The maximum Gasteiger partial charge on any atom is 0.138 e. The molecular weight excluding hydrogens is 276 g/mol. The van der Waals surface area contributed by atoms with E-state index in [4.69, 9.17) is 0 Å². The minimum absolute atomic E-state index is 0.151. The Morgan fingerprint density at radius 3 is 2.50 bits per heavy atom. The van der Waals surface area contributed by atoms with Gasteiger partial charge in [-0.15, -0.1) is 0 Å². The van der Waals surface area contributed by atoms with Gasteiger partial charge in [-0.1, -0.05) is 12.1 Å². The first-order chi connectivity index (χ1) is 10.6. The van der Waals surface area contributed by atoms with Crippen molar-refractivity contribution in [2.24, 2.45) is 0 Å². The Labute approximate surface area is 129 Å². The molecule has 0 spiro atoms. The molecule has 1 N–H and O–H groups in total. The highest BCUT2D eigenvalue weighted by molar-refractivity contribution is 5.41. The van der Waals surface area contributed by atoms with Crippen LogP contribution in [0.1, 0.15) is 30.0 Å². The number of benzene rings is 1. The average Bonchev–Trinajstić information content (AvgIpc) is 3.00. The molecule has 6 heteroatoms. The SMILES string of the molecule is Cc1cc(N[C@@H](C)c2ccc(-n3cncn3)cc2)nc(C)n1. The van der Waals surface area contributed by atoms with Crippen LogP contribution in [-0.4, -0.2) is 24.7 Å². The highest BCUT2D eigenvalue weighted by Crippen LogP contribution is 2.19. The van der Waals surface area contributed by atoms with E-state index in [1.807, 2.05) is 32.0 Å². The third-order valence-corrected chi connectivity index (χ3v) is 3.41. The molecule has 112 valence electrons. The molecule has 22 heavy (non-hydrogen) atoms. The molecule has 0 fully saturated rings. The first-order valence-electron chi connectivity index (χ1n) is 7.15. The summed E-state index contributed by atoms with van der Waals surface area (Å²) in [5.41, 5.74) is 3.13. The van der Waals surface area contributed by atoms with Crippen molar-refractivity contribution in [3.63, 3.8) is 0 Å². The summed E-state index contributed by atoms with van der Waals surface area (Å²) in [5.74, 6) is 1.62. The van der Waals surface area contributed by atoms with Crippen molar-refractivity contribution in [3.8, 4) is 5.69 Å². The number of nitrogens with zero attached hydrogens (tertiary/aromatic N) is 5. The summed E-state index contributed by atoms with van der Waals surface area (Å²) in [7, 11) is 0. The van der Waals surface area contributed by atoms with E-state index in [-0.39, 0.29) is 6.04 Å². The Balaban J connectivity index is 1.76. The Morgan fingerprint density at radius 1 is 1.09 bits per heavy atom.